The molecule has 0 aliphatic rings. The maximum Gasteiger partial charge on any atom is 0.110 e. The summed E-state index contributed by atoms with van der Waals surface area (Å²) in [7, 11) is 0. The van der Waals surface area contributed by atoms with Crippen LogP contribution in [0.2, 0.25) is 0 Å². The smallest absolute Gasteiger partial charge is 0.110 e. The highest BCUT2D eigenvalue weighted by molar-refractivity contribution is 5.38. The molecular weight excluding hydrogens is 234 g/mol. The number of benzene rings is 1. The minimum absolute atomic E-state index is 0.434. The topological polar surface area (TPSA) is 29.9 Å². The zero-order chi connectivity index (χ0) is 13.7. The first-order chi connectivity index (χ1) is 9.26. The van der Waals surface area contributed by atoms with Gasteiger partial charge in [-0.3, -0.25) is 0 Å². The van der Waals surface area contributed by atoms with Gasteiger partial charge in [0.25, 0.3) is 0 Å². The molecule has 0 aliphatic carbocycles. The molecule has 1 heterocycles. The highest BCUT2D eigenvalue weighted by Crippen LogP contribution is 2.20. The van der Waals surface area contributed by atoms with Gasteiger partial charge in [-0.2, -0.15) is 0 Å². The Balaban J connectivity index is 2.26. The van der Waals surface area contributed by atoms with E-state index in [1.54, 1.807) is 0 Å². The summed E-state index contributed by atoms with van der Waals surface area (Å²) < 4.78 is 2.12. The van der Waals surface area contributed by atoms with Gasteiger partial charge in [0, 0.05) is 24.1 Å². The Morgan fingerprint density at radius 3 is 2.79 bits per heavy atom. The van der Waals surface area contributed by atoms with E-state index in [9.17, 15) is 0 Å². The van der Waals surface area contributed by atoms with E-state index in [2.05, 4.69) is 53.0 Å². The van der Waals surface area contributed by atoms with Crippen molar-refractivity contribution in [3.05, 3.63) is 48.0 Å². The number of hydrogen-bond acceptors (Lipinski definition) is 2. The summed E-state index contributed by atoms with van der Waals surface area (Å²) >= 11 is 0. The molecule has 0 amide bonds. The molecule has 0 saturated heterocycles. The second-order valence-corrected chi connectivity index (χ2v) is 4.85. The Hall–Kier alpha value is -1.61. The number of aryl methyl sites for hydroxylation is 1. The number of imidazole rings is 1. The fourth-order valence-corrected chi connectivity index (χ4v) is 2.36. The molecule has 1 N–H and O–H groups in total. The molecule has 2 aromatic rings. The first-order valence-electron chi connectivity index (χ1n) is 7.10. The van der Waals surface area contributed by atoms with Gasteiger partial charge < -0.3 is 9.88 Å². The molecular formula is C16H23N3. The number of hydrogen-bond donors (Lipinski definition) is 1. The molecule has 102 valence electrons. The lowest BCUT2D eigenvalue weighted by molar-refractivity contribution is 0.518. The van der Waals surface area contributed by atoms with Crippen LogP contribution in [0.15, 0.2) is 36.7 Å². The summed E-state index contributed by atoms with van der Waals surface area (Å²) in [6.07, 6.45) is 6.12. The SMILES string of the molecule is CCCNC(CC)c1cccc(-n2ccnc2C)c1. The Bertz CT molecular complexity index is 516. The summed E-state index contributed by atoms with van der Waals surface area (Å²) in [6.45, 7) is 7.51. The van der Waals surface area contributed by atoms with E-state index in [-0.39, 0.29) is 0 Å². The lowest BCUT2D eigenvalue weighted by Gasteiger charge is -2.18. The predicted octanol–water partition coefficient (Wildman–Crippen LogP) is 3.63. The number of nitrogens with one attached hydrogen (secondary N) is 1. The third-order valence-corrected chi connectivity index (χ3v) is 3.43. The molecule has 0 radical (unpaired) electrons. The summed E-state index contributed by atoms with van der Waals surface area (Å²) in [5.74, 6) is 1.02. The van der Waals surface area contributed by atoms with Crippen LogP contribution in [-0.2, 0) is 0 Å². The quantitative estimate of drug-likeness (QED) is 0.856. The van der Waals surface area contributed by atoms with Gasteiger partial charge in [-0.05, 0) is 44.0 Å². The number of aromatic nitrogens is 2. The van der Waals surface area contributed by atoms with Crippen molar-refractivity contribution in [3.8, 4) is 5.69 Å². The molecule has 19 heavy (non-hydrogen) atoms. The number of rotatable bonds is 6. The number of nitrogens with zero attached hydrogens (tertiary/aromatic N) is 2. The summed E-state index contributed by atoms with van der Waals surface area (Å²) in [6, 6.07) is 9.15. The molecule has 1 atom stereocenters. The van der Waals surface area contributed by atoms with Gasteiger partial charge in [0.15, 0.2) is 0 Å². The van der Waals surface area contributed by atoms with Crippen molar-refractivity contribution >= 4 is 0 Å². The maximum atomic E-state index is 4.28. The average molecular weight is 257 g/mol. The van der Waals surface area contributed by atoms with E-state index in [4.69, 9.17) is 0 Å². The van der Waals surface area contributed by atoms with Crippen molar-refractivity contribution in [3.63, 3.8) is 0 Å². The van der Waals surface area contributed by atoms with Crippen LogP contribution in [0.25, 0.3) is 5.69 Å². The van der Waals surface area contributed by atoms with Crippen molar-refractivity contribution in [2.24, 2.45) is 0 Å². The predicted molar refractivity (Wildman–Crippen MR) is 79.6 cm³/mol. The van der Waals surface area contributed by atoms with Crippen LogP contribution in [0.5, 0.6) is 0 Å². The van der Waals surface area contributed by atoms with E-state index in [0.717, 1.165) is 25.2 Å². The average Bonchev–Trinajstić information content (AvgIpc) is 2.86. The van der Waals surface area contributed by atoms with Gasteiger partial charge in [-0.1, -0.05) is 26.0 Å². The normalized spacial score (nSPS) is 12.6. The Morgan fingerprint density at radius 1 is 1.32 bits per heavy atom. The van der Waals surface area contributed by atoms with Crippen molar-refractivity contribution in [2.75, 3.05) is 6.54 Å². The molecule has 1 unspecified atom stereocenters. The summed E-state index contributed by atoms with van der Waals surface area (Å²) in [5, 5.41) is 3.60. The minimum Gasteiger partial charge on any atom is -0.310 e. The van der Waals surface area contributed by atoms with Gasteiger partial charge in [0.2, 0.25) is 0 Å². The van der Waals surface area contributed by atoms with Crippen LogP contribution in [0.3, 0.4) is 0 Å². The molecule has 1 aromatic carbocycles. The molecule has 0 bridgehead atoms. The summed E-state index contributed by atoms with van der Waals surface area (Å²) in [4.78, 5) is 4.28. The van der Waals surface area contributed by atoms with Crippen LogP contribution >= 0.6 is 0 Å². The first-order valence-corrected chi connectivity index (χ1v) is 7.10. The Morgan fingerprint density at radius 2 is 2.16 bits per heavy atom. The fourth-order valence-electron chi connectivity index (χ4n) is 2.36. The highest BCUT2D eigenvalue weighted by Gasteiger charge is 2.09. The van der Waals surface area contributed by atoms with Gasteiger partial charge >= 0.3 is 0 Å². The Kier molecular flexibility index (Phi) is 4.74. The van der Waals surface area contributed by atoms with E-state index < -0.39 is 0 Å². The van der Waals surface area contributed by atoms with Crippen LogP contribution in [0.4, 0.5) is 0 Å². The Labute approximate surface area is 115 Å². The van der Waals surface area contributed by atoms with Crippen molar-refractivity contribution in [1.82, 2.24) is 14.9 Å². The minimum atomic E-state index is 0.434. The van der Waals surface area contributed by atoms with E-state index in [0.29, 0.717) is 6.04 Å². The molecule has 2 rings (SSSR count). The summed E-state index contributed by atoms with van der Waals surface area (Å²) in [5.41, 5.74) is 2.53. The molecule has 0 aliphatic heterocycles. The largest absolute Gasteiger partial charge is 0.310 e. The van der Waals surface area contributed by atoms with Gasteiger partial charge in [0.1, 0.15) is 5.82 Å². The second kappa shape index (κ2) is 6.53. The van der Waals surface area contributed by atoms with Crippen LogP contribution < -0.4 is 5.32 Å². The third kappa shape index (κ3) is 3.24. The molecule has 0 saturated carbocycles. The highest BCUT2D eigenvalue weighted by atomic mass is 15.1. The molecule has 0 spiro atoms. The maximum absolute atomic E-state index is 4.28. The van der Waals surface area contributed by atoms with Crippen LogP contribution in [-0.4, -0.2) is 16.1 Å². The van der Waals surface area contributed by atoms with Crippen molar-refractivity contribution in [2.45, 2.75) is 39.7 Å². The van der Waals surface area contributed by atoms with E-state index in [1.165, 1.54) is 11.3 Å². The van der Waals surface area contributed by atoms with Crippen molar-refractivity contribution in [1.29, 1.82) is 0 Å². The van der Waals surface area contributed by atoms with Gasteiger partial charge in [-0.15, -0.1) is 0 Å². The zero-order valence-electron chi connectivity index (χ0n) is 12.1. The lowest BCUT2D eigenvalue weighted by Crippen LogP contribution is -2.21. The standard InChI is InChI=1S/C16H23N3/c1-4-9-18-16(5-2)14-7-6-8-15(12-14)19-11-10-17-13(19)3/h6-8,10-12,16,18H,4-5,9H2,1-3H3. The van der Waals surface area contributed by atoms with Gasteiger partial charge in [0.05, 0.1) is 0 Å². The van der Waals surface area contributed by atoms with E-state index >= 15 is 0 Å². The zero-order valence-corrected chi connectivity index (χ0v) is 12.1. The van der Waals surface area contributed by atoms with Gasteiger partial charge in [-0.25, -0.2) is 4.98 Å². The van der Waals surface area contributed by atoms with E-state index in [1.807, 2.05) is 19.3 Å². The van der Waals surface area contributed by atoms with Crippen molar-refractivity contribution < 1.29 is 0 Å². The second-order valence-electron chi connectivity index (χ2n) is 4.85. The van der Waals surface area contributed by atoms with Crippen LogP contribution in [0.1, 0.15) is 44.1 Å². The molecule has 1 aromatic heterocycles. The third-order valence-electron chi connectivity index (χ3n) is 3.43. The monoisotopic (exact) mass is 257 g/mol. The van der Waals surface area contributed by atoms with Crippen LogP contribution in [0, 0.1) is 6.92 Å². The molecule has 3 nitrogen and oxygen atoms in total. The fraction of sp³-hybridized carbons (Fsp3) is 0.438. The molecule has 0 fully saturated rings. The molecule has 3 heteroatoms. The lowest BCUT2D eigenvalue weighted by atomic mass is 10.0. The first kappa shape index (κ1) is 13.8.